The van der Waals surface area contributed by atoms with E-state index in [1.807, 2.05) is 12.1 Å². The van der Waals surface area contributed by atoms with E-state index in [0.29, 0.717) is 0 Å². The van der Waals surface area contributed by atoms with Gasteiger partial charge in [0.25, 0.3) is 0 Å². The van der Waals surface area contributed by atoms with Crippen LogP contribution in [0.2, 0.25) is 4.34 Å². The molecule has 0 spiro atoms. The Morgan fingerprint density at radius 3 is 2.71 bits per heavy atom. The maximum atomic E-state index is 5.94. The molecule has 0 aliphatic rings. The third kappa shape index (κ3) is 5.79. The highest BCUT2D eigenvalue weighted by Crippen LogP contribution is 2.22. The summed E-state index contributed by atoms with van der Waals surface area (Å²) in [4.78, 5) is 3.43. The Morgan fingerprint density at radius 1 is 1.33 bits per heavy atom. The minimum absolute atomic E-state index is 0.0777. The minimum atomic E-state index is 0.0777. The van der Waals surface area contributed by atoms with Crippen LogP contribution in [0.15, 0.2) is 22.7 Å². The smallest absolute Gasteiger partial charge is 0.151 e. The molecule has 0 aliphatic carbocycles. The van der Waals surface area contributed by atoms with Crippen molar-refractivity contribution in [1.82, 2.24) is 15.4 Å². The highest BCUT2D eigenvalue weighted by Gasteiger charge is 2.12. The number of nitrogens with zero attached hydrogens (tertiary/aromatic N) is 2. The van der Waals surface area contributed by atoms with E-state index in [1.54, 1.807) is 11.3 Å². The average Bonchev–Trinajstić information content (AvgIpc) is 2.95. The second-order valence-electron chi connectivity index (χ2n) is 6.27. The van der Waals surface area contributed by atoms with Crippen LogP contribution in [0.1, 0.15) is 37.1 Å². The Hall–Kier alpha value is -0.880. The van der Waals surface area contributed by atoms with Crippen LogP contribution in [-0.2, 0) is 19.6 Å². The van der Waals surface area contributed by atoms with E-state index < -0.39 is 0 Å². The lowest BCUT2D eigenvalue weighted by Gasteiger charge is -2.19. The first-order valence-electron chi connectivity index (χ1n) is 6.94. The number of aromatic nitrogens is 1. The van der Waals surface area contributed by atoms with E-state index in [2.05, 4.69) is 49.3 Å². The van der Waals surface area contributed by atoms with Gasteiger partial charge in [-0.2, -0.15) is 0 Å². The van der Waals surface area contributed by atoms with Crippen molar-refractivity contribution in [2.75, 3.05) is 7.05 Å². The molecule has 0 unspecified atom stereocenters. The molecular formula is C15H22ClN3OS. The Balaban J connectivity index is 1.84. The molecule has 1 N–H and O–H groups in total. The number of hydrogen-bond acceptors (Lipinski definition) is 5. The number of halogens is 1. The fourth-order valence-corrected chi connectivity index (χ4v) is 3.06. The van der Waals surface area contributed by atoms with Crippen LogP contribution in [0.5, 0.6) is 0 Å². The van der Waals surface area contributed by atoms with Crippen molar-refractivity contribution in [1.29, 1.82) is 0 Å². The molecule has 2 heterocycles. The van der Waals surface area contributed by atoms with Gasteiger partial charge in [0.2, 0.25) is 0 Å². The molecule has 0 radical (unpaired) electrons. The molecule has 0 saturated heterocycles. The zero-order valence-electron chi connectivity index (χ0n) is 12.9. The summed E-state index contributed by atoms with van der Waals surface area (Å²) in [5, 5.41) is 7.50. The Morgan fingerprint density at radius 2 is 2.10 bits per heavy atom. The van der Waals surface area contributed by atoms with Crippen LogP contribution in [0.3, 0.4) is 0 Å². The molecule has 2 aromatic rings. The summed E-state index contributed by atoms with van der Waals surface area (Å²) >= 11 is 7.55. The van der Waals surface area contributed by atoms with E-state index in [1.165, 1.54) is 4.88 Å². The first-order chi connectivity index (χ1) is 9.82. The van der Waals surface area contributed by atoms with E-state index >= 15 is 0 Å². The van der Waals surface area contributed by atoms with Gasteiger partial charge < -0.3 is 9.84 Å². The summed E-state index contributed by atoms with van der Waals surface area (Å²) in [6.45, 7) is 8.71. The van der Waals surface area contributed by atoms with E-state index in [9.17, 15) is 0 Å². The zero-order chi connectivity index (χ0) is 15.5. The van der Waals surface area contributed by atoms with Crippen molar-refractivity contribution < 1.29 is 4.52 Å². The topological polar surface area (TPSA) is 41.3 Å². The number of rotatable bonds is 6. The summed E-state index contributed by atoms with van der Waals surface area (Å²) in [7, 11) is 2.06. The molecule has 2 aromatic heterocycles. The molecule has 116 valence electrons. The highest BCUT2D eigenvalue weighted by molar-refractivity contribution is 7.16. The molecule has 2 rings (SSSR count). The maximum absolute atomic E-state index is 5.94. The first kappa shape index (κ1) is 16.5. The molecule has 0 amide bonds. The average molecular weight is 328 g/mol. The van der Waals surface area contributed by atoms with E-state index in [0.717, 1.165) is 35.4 Å². The molecule has 0 aliphatic heterocycles. The predicted octanol–water partition coefficient (Wildman–Crippen LogP) is 3.91. The Bertz CT molecular complexity index is 573. The standard InChI is InChI=1S/C15H22ClN3OS/c1-15(2,3)17-8-11-7-12(20-18-11)9-19(4)10-13-5-6-14(16)21-13/h5-7,17H,8-10H2,1-4H3. The monoisotopic (exact) mass is 327 g/mol. The molecule has 0 fully saturated rings. The fraction of sp³-hybridized carbons (Fsp3) is 0.533. The minimum Gasteiger partial charge on any atom is -0.360 e. The first-order valence-corrected chi connectivity index (χ1v) is 8.13. The van der Waals surface area contributed by atoms with Gasteiger partial charge in [-0.3, -0.25) is 4.90 Å². The Kier molecular flexibility index (Phi) is 5.43. The second-order valence-corrected chi connectivity index (χ2v) is 8.07. The summed E-state index contributed by atoms with van der Waals surface area (Å²) in [5.74, 6) is 0.880. The third-order valence-corrected chi connectivity index (χ3v) is 4.10. The third-order valence-electron chi connectivity index (χ3n) is 2.89. The van der Waals surface area contributed by atoms with Crippen LogP contribution in [0, 0.1) is 0 Å². The van der Waals surface area contributed by atoms with Crippen LogP contribution in [-0.4, -0.2) is 22.6 Å². The van der Waals surface area contributed by atoms with Crippen molar-refractivity contribution in [2.24, 2.45) is 0 Å². The quantitative estimate of drug-likeness (QED) is 0.873. The van der Waals surface area contributed by atoms with Crippen molar-refractivity contribution in [2.45, 2.75) is 45.9 Å². The normalized spacial score (nSPS) is 12.3. The lowest BCUT2D eigenvalue weighted by molar-refractivity contribution is 0.267. The molecule has 0 aromatic carbocycles. The van der Waals surface area contributed by atoms with Gasteiger partial charge in [-0.15, -0.1) is 11.3 Å². The fourth-order valence-electron chi connectivity index (χ4n) is 1.89. The summed E-state index contributed by atoms with van der Waals surface area (Å²) in [6.07, 6.45) is 0. The van der Waals surface area contributed by atoms with Gasteiger partial charge in [0.1, 0.15) is 0 Å². The van der Waals surface area contributed by atoms with Crippen molar-refractivity contribution in [3.63, 3.8) is 0 Å². The summed E-state index contributed by atoms with van der Waals surface area (Å²) in [5.41, 5.74) is 1.02. The highest BCUT2D eigenvalue weighted by atomic mass is 35.5. The zero-order valence-corrected chi connectivity index (χ0v) is 14.5. The summed E-state index contributed by atoms with van der Waals surface area (Å²) < 4.78 is 6.22. The Labute approximate surface area is 135 Å². The number of thiophene rings is 1. The number of hydrogen-bond donors (Lipinski definition) is 1. The van der Waals surface area contributed by atoms with Gasteiger partial charge >= 0.3 is 0 Å². The summed E-state index contributed by atoms with van der Waals surface area (Å²) in [6, 6.07) is 6.00. The van der Waals surface area contributed by atoms with Gasteiger partial charge in [0, 0.05) is 29.6 Å². The van der Waals surface area contributed by atoms with Gasteiger partial charge in [-0.05, 0) is 40.0 Å². The van der Waals surface area contributed by atoms with Crippen LogP contribution in [0.4, 0.5) is 0 Å². The van der Waals surface area contributed by atoms with Gasteiger partial charge in [-0.1, -0.05) is 16.8 Å². The van der Waals surface area contributed by atoms with Gasteiger partial charge in [0.15, 0.2) is 5.76 Å². The van der Waals surface area contributed by atoms with Crippen LogP contribution < -0.4 is 5.32 Å². The SMILES string of the molecule is CN(Cc1cc(CNC(C)(C)C)no1)Cc1ccc(Cl)s1. The van der Waals surface area contributed by atoms with Crippen LogP contribution >= 0.6 is 22.9 Å². The van der Waals surface area contributed by atoms with Gasteiger partial charge in [0.05, 0.1) is 16.6 Å². The maximum Gasteiger partial charge on any atom is 0.151 e. The lowest BCUT2D eigenvalue weighted by atomic mass is 10.1. The van der Waals surface area contributed by atoms with E-state index in [4.69, 9.17) is 16.1 Å². The van der Waals surface area contributed by atoms with Crippen LogP contribution in [0.25, 0.3) is 0 Å². The number of nitrogens with one attached hydrogen (secondary N) is 1. The second kappa shape index (κ2) is 6.92. The van der Waals surface area contributed by atoms with Crippen molar-refractivity contribution >= 4 is 22.9 Å². The van der Waals surface area contributed by atoms with Crippen molar-refractivity contribution in [3.05, 3.63) is 38.9 Å². The molecule has 21 heavy (non-hydrogen) atoms. The molecule has 0 saturated carbocycles. The molecule has 0 bridgehead atoms. The molecule has 6 heteroatoms. The lowest BCUT2D eigenvalue weighted by Crippen LogP contribution is -2.35. The van der Waals surface area contributed by atoms with Gasteiger partial charge in [-0.25, -0.2) is 0 Å². The van der Waals surface area contributed by atoms with E-state index in [-0.39, 0.29) is 5.54 Å². The largest absolute Gasteiger partial charge is 0.360 e. The predicted molar refractivity (Wildman–Crippen MR) is 87.6 cm³/mol. The molecular weight excluding hydrogens is 306 g/mol. The molecule has 0 atom stereocenters. The molecule has 4 nitrogen and oxygen atoms in total. The van der Waals surface area contributed by atoms with Crippen molar-refractivity contribution in [3.8, 4) is 0 Å².